The number of nitrogens with zero attached hydrogens (tertiary/aromatic N) is 2. The summed E-state index contributed by atoms with van der Waals surface area (Å²) >= 11 is 0. The third kappa shape index (κ3) is 7.16. The Hall–Kier alpha value is -3.65. The lowest BCUT2D eigenvalue weighted by Crippen LogP contribution is -2.40. The quantitative estimate of drug-likeness (QED) is 0.235. The molecular formula is C27H31N3O4S. The van der Waals surface area contributed by atoms with Crippen molar-refractivity contribution in [1.29, 1.82) is 0 Å². The predicted octanol–water partition coefficient (Wildman–Crippen LogP) is 4.83. The number of amides is 1. The molecule has 1 amide bonds. The van der Waals surface area contributed by atoms with Crippen molar-refractivity contribution in [2.75, 3.05) is 17.5 Å². The minimum Gasteiger partial charge on any atom is -0.494 e. The fourth-order valence-corrected chi connectivity index (χ4v) is 4.94. The minimum absolute atomic E-state index is 0.109. The number of ether oxygens (including phenoxy) is 1. The van der Waals surface area contributed by atoms with Gasteiger partial charge >= 0.3 is 0 Å². The van der Waals surface area contributed by atoms with E-state index in [1.165, 1.54) is 18.3 Å². The first-order valence-corrected chi connectivity index (χ1v) is 12.9. The molecule has 0 aromatic heterocycles. The second kappa shape index (κ2) is 12.2. The maximum absolute atomic E-state index is 13.4. The van der Waals surface area contributed by atoms with Crippen LogP contribution >= 0.6 is 0 Å². The van der Waals surface area contributed by atoms with Crippen molar-refractivity contribution < 1.29 is 17.9 Å². The van der Waals surface area contributed by atoms with E-state index >= 15 is 0 Å². The minimum atomic E-state index is -3.97. The zero-order valence-corrected chi connectivity index (χ0v) is 21.1. The van der Waals surface area contributed by atoms with Crippen molar-refractivity contribution in [3.63, 3.8) is 0 Å². The summed E-state index contributed by atoms with van der Waals surface area (Å²) in [5.41, 5.74) is 5.40. The molecule has 35 heavy (non-hydrogen) atoms. The molecule has 0 unspecified atom stereocenters. The molecular weight excluding hydrogens is 462 g/mol. The first-order chi connectivity index (χ1) is 16.8. The Morgan fingerprint density at radius 2 is 1.74 bits per heavy atom. The van der Waals surface area contributed by atoms with E-state index in [4.69, 9.17) is 4.74 Å². The second-order valence-corrected chi connectivity index (χ2v) is 10.0. The molecule has 0 bridgehead atoms. The van der Waals surface area contributed by atoms with Crippen LogP contribution in [0.2, 0.25) is 0 Å². The van der Waals surface area contributed by atoms with Crippen molar-refractivity contribution in [2.45, 2.75) is 38.5 Å². The molecule has 184 valence electrons. The number of carbonyl (C=O) groups excluding carboxylic acids is 1. The monoisotopic (exact) mass is 493 g/mol. The summed E-state index contributed by atoms with van der Waals surface area (Å²) in [6.07, 6.45) is 3.56. The van der Waals surface area contributed by atoms with Crippen LogP contribution < -0.4 is 14.5 Å². The number of sulfonamides is 1. The lowest BCUT2D eigenvalue weighted by atomic mass is 10.1. The van der Waals surface area contributed by atoms with Gasteiger partial charge in [0.25, 0.3) is 15.9 Å². The molecule has 0 spiro atoms. The Kier molecular flexibility index (Phi) is 9.03. The average molecular weight is 494 g/mol. The normalized spacial score (nSPS) is 11.4. The van der Waals surface area contributed by atoms with Gasteiger partial charge in [-0.15, -0.1) is 0 Å². The molecule has 0 aliphatic heterocycles. The maximum Gasteiger partial charge on any atom is 0.264 e. The molecule has 0 aliphatic rings. The van der Waals surface area contributed by atoms with Crippen molar-refractivity contribution in [1.82, 2.24) is 5.43 Å². The molecule has 0 fully saturated rings. The predicted molar refractivity (Wildman–Crippen MR) is 139 cm³/mol. The highest BCUT2D eigenvalue weighted by Crippen LogP contribution is 2.27. The van der Waals surface area contributed by atoms with Crippen molar-refractivity contribution in [3.8, 4) is 5.75 Å². The Labute approximate surface area is 207 Å². The maximum atomic E-state index is 13.4. The highest BCUT2D eigenvalue weighted by Gasteiger charge is 2.28. The Balaban J connectivity index is 1.73. The molecule has 0 heterocycles. The van der Waals surface area contributed by atoms with E-state index in [1.807, 2.05) is 50.2 Å². The van der Waals surface area contributed by atoms with Gasteiger partial charge in [0.1, 0.15) is 12.3 Å². The van der Waals surface area contributed by atoms with Gasteiger partial charge in [-0.2, -0.15) is 5.10 Å². The smallest absolute Gasteiger partial charge is 0.264 e. The molecule has 0 radical (unpaired) electrons. The molecule has 0 saturated carbocycles. The standard InChI is InChI=1S/C27H31N3O4S/c1-4-5-17-34-24-14-12-23(13-15-24)19-28-29-27(31)20-30(26-16-11-21(2)18-22(26)3)35(32,33)25-9-7-6-8-10-25/h6-16,18-19H,4-5,17,20H2,1-3H3,(H,29,31)/b28-19+. The number of anilines is 1. The van der Waals surface area contributed by atoms with Gasteiger partial charge in [0, 0.05) is 0 Å². The molecule has 8 heteroatoms. The summed E-state index contributed by atoms with van der Waals surface area (Å²) in [5, 5.41) is 4.00. The second-order valence-electron chi connectivity index (χ2n) is 8.18. The number of aryl methyl sites for hydroxylation is 2. The first kappa shape index (κ1) is 26.0. The number of rotatable bonds is 11. The average Bonchev–Trinajstić information content (AvgIpc) is 2.84. The summed E-state index contributed by atoms with van der Waals surface area (Å²) < 4.78 is 33.6. The van der Waals surface area contributed by atoms with Crippen molar-refractivity contribution >= 4 is 27.8 Å². The van der Waals surface area contributed by atoms with Crippen LogP contribution in [0.3, 0.4) is 0 Å². The van der Waals surface area contributed by atoms with Crippen LogP contribution in [0, 0.1) is 13.8 Å². The SMILES string of the molecule is CCCCOc1ccc(/C=N/NC(=O)CN(c2ccc(C)cc2C)S(=O)(=O)c2ccccc2)cc1. The number of hydrogen-bond donors (Lipinski definition) is 1. The number of benzene rings is 3. The Morgan fingerprint density at radius 3 is 2.40 bits per heavy atom. The molecule has 0 saturated heterocycles. The van der Waals surface area contributed by atoms with Gasteiger partial charge in [-0.3, -0.25) is 9.10 Å². The van der Waals surface area contributed by atoms with E-state index in [9.17, 15) is 13.2 Å². The van der Waals surface area contributed by atoms with Gasteiger partial charge in [-0.25, -0.2) is 13.8 Å². The Bertz CT molecular complexity index is 1260. The van der Waals surface area contributed by atoms with Crippen LogP contribution in [0.15, 0.2) is 82.8 Å². The van der Waals surface area contributed by atoms with Gasteiger partial charge in [0.05, 0.1) is 23.4 Å². The number of hydrogen-bond acceptors (Lipinski definition) is 5. The van der Waals surface area contributed by atoms with E-state index in [2.05, 4.69) is 17.5 Å². The van der Waals surface area contributed by atoms with Crippen LogP contribution in [0.25, 0.3) is 0 Å². The fourth-order valence-electron chi connectivity index (χ4n) is 3.43. The van der Waals surface area contributed by atoms with Gasteiger partial charge in [-0.05, 0) is 73.9 Å². The first-order valence-electron chi connectivity index (χ1n) is 11.5. The van der Waals surface area contributed by atoms with Crippen molar-refractivity contribution in [3.05, 3.63) is 89.5 Å². The lowest BCUT2D eigenvalue weighted by molar-refractivity contribution is -0.119. The molecule has 1 N–H and O–H groups in total. The van der Waals surface area contributed by atoms with E-state index in [-0.39, 0.29) is 4.90 Å². The van der Waals surface area contributed by atoms with Gasteiger partial charge in [0.2, 0.25) is 0 Å². The largest absolute Gasteiger partial charge is 0.494 e. The molecule has 3 aromatic rings. The molecule has 3 aromatic carbocycles. The third-order valence-electron chi connectivity index (χ3n) is 5.29. The zero-order chi connectivity index (χ0) is 25.3. The van der Waals surface area contributed by atoms with Gasteiger partial charge in [-0.1, -0.05) is 49.2 Å². The third-order valence-corrected chi connectivity index (χ3v) is 7.06. The van der Waals surface area contributed by atoms with E-state index < -0.39 is 22.5 Å². The van der Waals surface area contributed by atoms with E-state index in [0.29, 0.717) is 12.3 Å². The number of hydrazone groups is 1. The van der Waals surface area contributed by atoms with Crippen LogP contribution in [0.5, 0.6) is 5.75 Å². The summed E-state index contributed by atoms with van der Waals surface area (Å²) in [6, 6.07) is 20.8. The highest BCUT2D eigenvalue weighted by atomic mass is 32.2. The number of unbranched alkanes of at least 4 members (excludes halogenated alkanes) is 1. The van der Waals surface area contributed by atoms with Gasteiger partial charge in [0.15, 0.2) is 0 Å². The van der Waals surface area contributed by atoms with E-state index in [1.54, 1.807) is 24.3 Å². The number of nitrogens with one attached hydrogen (secondary N) is 1. The fraction of sp³-hybridized carbons (Fsp3) is 0.259. The molecule has 7 nitrogen and oxygen atoms in total. The van der Waals surface area contributed by atoms with Crippen LogP contribution in [-0.2, 0) is 14.8 Å². The summed E-state index contributed by atoms with van der Waals surface area (Å²) in [6.45, 7) is 6.11. The summed E-state index contributed by atoms with van der Waals surface area (Å²) in [4.78, 5) is 12.8. The highest BCUT2D eigenvalue weighted by molar-refractivity contribution is 7.92. The summed E-state index contributed by atoms with van der Waals surface area (Å²) in [7, 11) is -3.97. The Morgan fingerprint density at radius 1 is 1.03 bits per heavy atom. The van der Waals surface area contributed by atoms with Crippen LogP contribution in [0.4, 0.5) is 5.69 Å². The molecule has 0 aliphatic carbocycles. The topological polar surface area (TPSA) is 88.1 Å². The van der Waals surface area contributed by atoms with E-state index in [0.717, 1.165) is 39.6 Å². The summed E-state index contributed by atoms with van der Waals surface area (Å²) in [5.74, 6) is 0.218. The van der Waals surface area contributed by atoms with Crippen LogP contribution in [0.1, 0.15) is 36.5 Å². The van der Waals surface area contributed by atoms with Gasteiger partial charge < -0.3 is 4.74 Å². The zero-order valence-electron chi connectivity index (χ0n) is 20.3. The molecule has 3 rings (SSSR count). The van der Waals surface area contributed by atoms with Crippen molar-refractivity contribution in [2.24, 2.45) is 5.10 Å². The number of carbonyl (C=O) groups is 1. The lowest BCUT2D eigenvalue weighted by Gasteiger charge is -2.25. The molecule has 0 atom stereocenters. The van der Waals surface area contributed by atoms with Crippen LogP contribution in [-0.4, -0.2) is 33.7 Å².